The van der Waals surface area contributed by atoms with Crippen molar-refractivity contribution in [2.75, 3.05) is 13.1 Å². The van der Waals surface area contributed by atoms with E-state index in [4.69, 9.17) is 5.26 Å². The molecule has 3 aromatic rings. The van der Waals surface area contributed by atoms with Gasteiger partial charge in [0.05, 0.1) is 30.5 Å². The Morgan fingerprint density at radius 1 is 1.39 bits per heavy atom. The molecular formula is C17H20N6. The number of nitrogens with one attached hydrogen (secondary N) is 1. The van der Waals surface area contributed by atoms with E-state index in [1.165, 1.54) is 5.52 Å². The smallest absolute Gasteiger partial charge is 0.139 e. The van der Waals surface area contributed by atoms with Crippen LogP contribution in [0.15, 0.2) is 24.8 Å². The second kappa shape index (κ2) is 5.67. The Hall–Kier alpha value is -2.39. The van der Waals surface area contributed by atoms with Crippen molar-refractivity contribution < 1.29 is 0 Å². The zero-order valence-electron chi connectivity index (χ0n) is 13.2. The van der Waals surface area contributed by atoms with E-state index in [1.54, 1.807) is 0 Å². The van der Waals surface area contributed by atoms with Crippen molar-refractivity contribution in [3.8, 4) is 6.07 Å². The lowest BCUT2D eigenvalue weighted by Crippen LogP contribution is -2.40. The molecule has 1 aliphatic rings. The average Bonchev–Trinajstić information content (AvgIpc) is 3.21. The largest absolute Gasteiger partial charge is 0.346 e. The molecule has 0 amide bonds. The van der Waals surface area contributed by atoms with Gasteiger partial charge in [0.1, 0.15) is 11.2 Å². The van der Waals surface area contributed by atoms with Gasteiger partial charge in [-0.15, -0.1) is 0 Å². The summed E-state index contributed by atoms with van der Waals surface area (Å²) in [5.41, 5.74) is 3.05. The molecule has 1 fully saturated rings. The van der Waals surface area contributed by atoms with Crippen LogP contribution in [0.2, 0.25) is 0 Å². The minimum atomic E-state index is 0.348. The van der Waals surface area contributed by atoms with Crippen LogP contribution in [0.25, 0.3) is 22.1 Å². The number of rotatable bonds is 3. The predicted molar refractivity (Wildman–Crippen MR) is 88.9 cm³/mol. The van der Waals surface area contributed by atoms with E-state index in [9.17, 15) is 0 Å². The van der Waals surface area contributed by atoms with E-state index in [0.717, 1.165) is 42.5 Å². The molecule has 0 bridgehead atoms. The van der Waals surface area contributed by atoms with E-state index in [1.807, 2.05) is 18.7 Å². The summed E-state index contributed by atoms with van der Waals surface area (Å²) < 4.78 is 2.32. The molecular weight excluding hydrogens is 288 g/mol. The molecule has 6 heteroatoms. The first kappa shape index (κ1) is 14.2. The molecule has 23 heavy (non-hydrogen) atoms. The zero-order chi connectivity index (χ0) is 15.8. The van der Waals surface area contributed by atoms with E-state index < -0.39 is 0 Å². The molecule has 118 valence electrons. The molecule has 0 spiro atoms. The van der Waals surface area contributed by atoms with Gasteiger partial charge in [0.2, 0.25) is 0 Å². The topological polar surface area (TPSA) is 73.5 Å². The van der Waals surface area contributed by atoms with Gasteiger partial charge >= 0.3 is 0 Å². The summed E-state index contributed by atoms with van der Waals surface area (Å²) in [5, 5.41) is 10.0. The number of imidazole rings is 1. The summed E-state index contributed by atoms with van der Waals surface area (Å²) in [6.45, 7) is 4.22. The molecule has 1 saturated heterocycles. The lowest BCUT2D eigenvalue weighted by atomic mass is 10.0. The normalized spacial score (nSPS) is 18.4. The van der Waals surface area contributed by atoms with Crippen LogP contribution in [0, 0.1) is 11.3 Å². The average molecular weight is 308 g/mol. The van der Waals surface area contributed by atoms with Gasteiger partial charge in [-0.3, -0.25) is 4.90 Å². The maximum atomic E-state index is 8.87. The summed E-state index contributed by atoms with van der Waals surface area (Å²) in [5.74, 6) is 0. The van der Waals surface area contributed by atoms with Crippen molar-refractivity contribution in [2.24, 2.45) is 0 Å². The van der Waals surface area contributed by atoms with Crippen molar-refractivity contribution >= 4 is 22.1 Å². The summed E-state index contributed by atoms with van der Waals surface area (Å²) >= 11 is 0. The van der Waals surface area contributed by atoms with Crippen molar-refractivity contribution in [2.45, 2.75) is 38.3 Å². The van der Waals surface area contributed by atoms with Crippen molar-refractivity contribution in [3.63, 3.8) is 0 Å². The van der Waals surface area contributed by atoms with Gasteiger partial charge in [-0.25, -0.2) is 9.97 Å². The fraction of sp³-hybridized carbons (Fsp3) is 0.471. The Morgan fingerprint density at radius 3 is 3.00 bits per heavy atom. The SMILES string of the molecule is CC(CC#N)N1CCC(n2cnc3cnc4[nH]ccc4c32)CC1. The highest BCUT2D eigenvalue weighted by Gasteiger charge is 2.25. The van der Waals surface area contributed by atoms with Crippen molar-refractivity contribution in [1.29, 1.82) is 5.26 Å². The van der Waals surface area contributed by atoms with Gasteiger partial charge in [0.25, 0.3) is 0 Å². The standard InChI is InChI=1S/C17H20N6/c1-12(2-6-18)22-8-4-13(5-9-22)23-11-21-15-10-20-17-14(16(15)23)3-7-19-17/h3,7,10-13H,2,4-5,8-9H2,1H3,(H,19,20). The third-order valence-electron chi connectivity index (χ3n) is 5.02. The van der Waals surface area contributed by atoms with E-state index in [-0.39, 0.29) is 0 Å². The lowest BCUT2D eigenvalue weighted by molar-refractivity contribution is 0.146. The van der Waals surface area contributed by atoms with Crippen molar-refractivity contribution in [3.05, 3.63) is 24.8 Å². The Bertz CT molecular complexity index is 862. The van der Waals surface area contributed by atoms with Gasteiger partial charge in [0, 0.05) is 36.8 Å². The van der Waals surface area contributed by atoms with Gasteiger partial charge in [-0.1, -0.05) is 0 Å². The number of nitriles is 1. The quantitative estimate of drug-likeness (QED) is 0.807. The highest BCUT2D eigenvalue weighted by atomic mass is 15.2. The number of aromatic nitrogens is 4. The van der Waals surface area contributed by atoms with Gasteiger partial charge in [0.15, 0.2) is 0 Å². The molecule has 1 unspecified atom stereocenters. The number of nitrogens with zero attached hydrogens (tertiary/aromatic N) is 5. The van der Waals surface area contributed by atoms with Gasteiger partial charge < -0.3 is 9.55 Å². The van der Waals surface area contributed by atoms with Crippen LogP contribution in [-0.2, 0) is 0 Å². The Labute approximate surface area is 134 Å². The number of H-pyrrole nitrogens is 1. The number of hydrogen-bond donors (Lipinski definition) is 1. The van der Waals surface area contributed by atoms with E-state index in [0.29, 0.717) is 18.5 Å². The van der Waals surface area contributed by atoms with Gasteiger partial charge in [-0.2, -0.15) is 5.26 Å². The first-order chi connectivity index (χ1) is 11.3. The number of piperidine rings is 1. The van der Waals surface area contributed by atoms with E-state index in [2.05, 4.69) is 43.5 Å². The maximum absolute atomic E-state index is 8.87. The highest BCUT2D eigenvalue weighted by molar-refractivity contribution is 6.00. The molecule has 3 aromatic heterocycles. The Kier molecular flexibility index (Phi) is 3.50. The fourth-order valence-corrected chi connectivity index (χ4v) is 3.67. The molecule has 1 aliphatic heterocycles. The molecule has 4 rings (SSSR count). The molecule has 0 radical (unpaired) electrons. The van der Waals surface area contributed by atoms with Crippen LogP contribution < -0.4 is 0 Å². The van der Waals surface area contributed by atoms with Crippen LogP contribution in [0.4, 0.5) is 0 Å². The molecule has 1 atom stereocenters. The number of fused-ring (bicyclic) bond motifs is 3. The number of likely N-dealkylation sites (tertiary alicyclic amines) is 1. The molecule has 0 saturated carbocycles. The molecule has 1 N–H and O–H groups in total. The Morgan fingerprint density at radius 2 is 2.22 bits per heavy atom. The number of pyridine rings is 1. The van der Waals surface area contributed by atoms with Crippen LogP contribution in [0.1, 0.15) is 32.2 Å². The highest BCUT2D eigenvalue weighted by Crippen LogP contribution is 2.30. The zero-order valence-corrected chi connectivity index (χ0v) is 13.2. The summed E-state index contributed by atoms with van der Waals surface area (Å²) in [4.78, 5) is 14.5. The summed E-state index contributed by atoms with van der Waals surface area (Å²) in [6, 6.07) is 5.17. The number of hydrogen-bond acceptors (Lipinski definition) is 4. The first-order valence-corrected chi connectivity index (χ1v) is 8.17. The van der Waals surface area contributed by atoms with Crippen LogP contribution in [-0.4, -0.2) is 43.6 Å². The first-order valence-electron chi connectivity index (χ1n) is 8.17. The van der Waals surface area contributed by atoms with E-state index >= 15 is 0 Å². The van der Waals surface area contributed by atoms with Crippen LogP contribution in [0.5, 0.6) is 0 Å². The predicted octanol–water partition coefficient (Wildman–Crippen LogP) is 2.85. The third kappa shape index (κ3) is 2.37. The molecule has 6 nitrogen and oxygen atoms in total. The van der Waals surface area contributed by atoms with Crippen molar-refractivity contribution in [1.82, 2.24) is 24.4 Å². The monoisotopic (exact) mass is 308 g/mol. The molecule has 0 aromatic carbocycles. The summed E-state index contributed by atoms with van der Waals surface area (Å²) in [7, 11) is 0. The minimum absolute atomic E-state index is 0.348. The minimum Gasteiger partial charge on any atom is -0.346 e. The lowest BCUT2D eigenvalue weighted by Gasteiger charge is -2.35. The maximum Gasteiger partial charge on any atom is 0.139 e. The second-order valence-electron chi connectivity index (χ2n) is 6.36. The summed E-state index contributed by atoms with van der Waals surface area (Å²) in [6.07, 6.45) is 8.52. The fourth-order valence-electron chi connectivity index (χ4n) is 3.67. The number of aromatic amines is 1. The van der Waals surface area contributed by atoms with Crippen LogP contribution in [0.3, 0.4) is 0 Å². The Balaban J connectivity index is 1.61. The van der Waals surface area contributed by atoms with Crippen LogP contribution >= 0.6 is 0 Å². The molecule has 0 aliphatic carbocycles. The third-order valence-corrected chi connectivity index (χ3v) is 5.02. The molecule has 4 heterocycles. The second-order valence-corrected chi connectivity index (χ2v) is 6.36. The van der Waals surface area contributed by atoms with Gasteiger partial charge in [-0.05, 0) is 25.8 Å².